The average Bonchev–Trinajstić information content (AvgIpc) is 2.58. The summed E-state index contributed by atoms with van der Waals surface area (Å²) in [5.74, 6) is 1.32. The summed E-state index contributed by atoms with van der Waals surface area (Å²) in [5, 5.41) is 6.74. The summed E-state index contributed by atoms with van der Waals surface area (Å²) >= 11 is 2.19. The second-order valence-corrected chi connectivity index (χ2v) is 7.00. The van der Waals surface area contributed by atoms with Crippen molar-refractivity contribution in [1.29, 1.82) is 0 Å². The van der Waals surface area contributed by atoms with Crippen LogP contribution >= 0.6 is 22.6 Å². The monoisotopic (exact) mass is 467 g/mol. The highest BCUT2D eigenvalue weighted by molar-refractivity contribution is 14.1. The highest BCUT2D eigenvalue weighted by Crippen LogP contribution is 2.34. The Morgan fingerprint density at radius 1 is 1.27 bits per heavy atom. The van der Waals surface area contributed by atoms with Gasteiger partial charge in [0.15, 0.2) is 11.5 Å². The first-order chi connectivity index (χ1) is 12.4. The van der Waals surface area contributed by atoms with Gasteiger partial charge in [0.1, 0.15) is 0 Å². The number of ether oxygens (including phenoxy) is 2. The number of hydrogen-bond donors (Lipinski definition) is 2. The topological polar surface area (TPSA) is 72.0 Å². The molecule has 6 nitrogen and oxygen atoms in total. The van der Waals surface area contributed by atoms with Crippen molar-refractivity contribution < 1.29 is 14.3 Å². The van der Waals surface area contributed by atoms with Gasteiger partial charge in [-0.2, -0.15) is 5.10 Å². The highest BCUT2D eigenvalue weighted by Gasteiger charge is 2.12. The third kappa shape index (κ3) is 5.62. The highest BCUT2D eigenvalue weighted by atomic mass is 127. The van der Waals surface area contributed by atoms with Gasteiger partial charge in [0, 0.05) is 5.69 Å². The summed E-state index contributed by atoms with van der Waals surface area (Å²) in [5.41, 5.74) is 4.97. The van der Waals surface area contributed by atoms with E-state index in [2.05, 4.69) is 38.4 Å². The minimum Gasteiger partial charge on any atom is -0.493 e. The summed E-state index contributed by atoms with van der Waals surface area (Å²) in [6.07, 6.45) is 1.60. The molecule has 0 aliphatic carbocycles. The fourth-order valence-corrected chi connectivity index (χ4v) is 2.95. The third-order valence-corrected chi connectivity index (χ3v) is 4.18. The summed E-state index contributed by atoms with van der Waals surface area (Å²) < 4.78 is 12.1. The molecule has 0 fully saturated rings. The predicted octanol–water partition coefficient (Wildman–Crippen LogP) is 4.55. The van der Waals surface area contributed by atoms with E-state index in [-0.39, 0.29) is 6.10 Å². The van der Waals surface area contributed by atoms with E-state index in [4.69, 9.17) is 9.47 Å². The number of hydrogen-bond acceptors (Lipinski definition) is 4. The Hall–Kier alpha value is -2.29. The van der Waals surface area contributed by atoms with Gasteiger partial charge >= 0.3 is 6.03 Å². The lowest BCUT2D eigenvalue weighted by atomic mass is 10.2. The number of rotatable bonds is 6. The Labute approximate surface area is 167 Å². The van der Waals surface area contributed by atoms with Gasteiger partial charge in [-0.3, -0.25) is 0 Å². The quantitative estimate of drug-likeness (QED) is 0.372. The first-order valence-corrected chi connectivity index (χ1v) is 9.18. The molecule has 0 heterocycles. The van der Waals surface area contributed by atoms with Crippen molar-refractivity contribution in [2.24, 2.45) is 5.10 Å². The molecule has 2 amide bonds. The van der Waals surface area contributed by atoms with Crippen LogP contribution in [0.3, 0.4) is 0 Å². The standard InChI is InChI=1S/C19H22IN3O3/c1-12(2)26-18-15(20)9-14(10-17(18)25-4)11-21-23-19(24)22-16-8-6-5-7-13(16)3/h5-12H,1-4H3,(H2,22,23,24). The van der Waals surface area contributed by atoms with Crippen LogP contribution in [0.5, 0.6) is 11.5 Å². The van der Waals surface area contributed by atoms with Crippen LogP contribution in [0.2, 0.25) is 0 Å². The number of para-hydroxylation sites is 1. The zero-order valence-corrected chi connectivity index (χ0v) is 17.3. The summed E-state index contributed by atoms with van der Waals surface area (Å²) in [6.45, 7) is 5.84. The molecule has 0 aromatic heterocycles. The fourth-order valence-electron chi connectivity index (χ4n) is 2.19. The minimum absolute atomic E-state index is 0.0451. The van der Waals surface area contributed by atoms with E-state index in [1.807, 2.05) is 57.2 Å². The first kappa shape index (κ1) is 20.0. The number of nitrogens with zero attached hydrogens (tertiary/aromatic N) is 1. The van der Waals surface area contributed by atoms with Crippen LogP contribution in [0.15, 0.2) is 41.5 Å². The number of hydrazone groups is 1. The van der Waals surface area contributed by atoms with E-state index in [9.17, 15) is 4.79 Å². The molecule has 2 aromatic rings. The SMILES string of the molecule is COc1cc(C=NNC(=O)Nc2ccccc2C)cc(I)c1OC(C)C. The molecule has 26 heavy (non-hydrogen) atoms. The molecule has 0 saturated carbocycles. The van der Waals surface area contributed by atoms with Gasteiger partial charge in [-0.05, 0) is 72.7 Å². The number of aryl methyl sites for hydroxylation is 1. The number of halogens is 1. The fraction of sp³-hybridized carbons (Fsp3) is 0.263. The average molecular weight is 467 g/mol. The lowest BCUT2D eigenvalue weighted by molar-refractivity contribution is 0.228. The lowest BCUT2D eigenvalue weighted by Crippen LogP contribution is -2.24. The summed E-state index contributed by atoms with van der Waals surface area (Å²) in [6, 6.07) is 10.8. The van der Waals surface area contributed by atoms with Gasteiger partial charge in [0.2, 0.25) is 0 Å². The normalized spacial score (nSPS) is 10.8. The second-order valence-electron chi connectivity index (χ2n) is 5.84. The number of anilines is 1. The van der Waals surface area contributed by atoms with Crippen molar-refractivity contribution in [2.75, 3.05) is 12.4 Å². The maximum absolute atomic E-state index is 11.9. The van der Waals surface area contributed by atoms with Crippen LogP contribution in [0.25, 0.3) is 0 Å². The van der Waals surface area contributed by atoms with Crippen LogP contribution in [0, 0.1) is 10.5 Å². The molecule has 0 spiro atoms. The van der Waals surface area contributed by atoms with Crippen molar-refractivity contribution in [1.82, 2.24) is 5.43 Å². The molecule has 0 aliphatic heterocycles. The molecule has 0 bridgehead atoms. The number of methoxy groups -OCH3 is 1. The van der Waals surface area contributed by atoms with Gasteiger partial charge in [-0.1, -0.05) is 18.2 Å². The van der Waals surface area contributed by atoms with Crippen LogP contribution in [0.1, 0.15) is 25.0 Å². The van der Waals surface area contributed by atoms with E-state index < -0.39 is 6.03 Å². The van der Waals surface area contributed by atoms with Crippen LogP contribution in [0.4, 0.5) is 10.5 Å². The molecule has 7 heteroatoms. The molecule has 0 unspecified atom stereocenters. The number of urea groups is 1. The first-order valence-electron chi connectivity index (χ1n) is 8.10. The van der Waals surface area contributed by atoms with Crippen molar-refractivity contribution in [2.45, 2.75) is 26.9 Å². The smallest absolute Gasteiger partial charge is 0.339 e. The van der Waals surface area contributed by atoms with Crippen LogP contribution < -0.4 is 20.2 Å². The molecule has 2 N–H and O–H groups in total. The third-order valence-electron chi connectivity index (χ3n) is 3.38. The van der Waals surface area contributed by atoms with Gasteiger partial charge in [-0.25, -0.2) is 10.2 Å². The number of amides is 2. The van der Waals surface area contributed by atoms with Crippen molar-refractivity contribution >= 4 is 40.5 Å². The summed E-state index contributed by atoms with van der Waals surface area (Å²) in [4.78, 5) is 11.9. The predicted molar refractivity (Wildman–Crippen MR) is 112 cm³/mol. The zero-order chi connectivity index (χ0) is 19.1. The Bertz CT molecular complexity index is 807. The van der Waals surface area contributed by atoms with Crippen molar-refractivity contribution in [3.8, 4) is 11.5 Å². The van der Waals surface area contributed by atoms with E-state index in [0.717, 1.165) is 20.4 Å². The van der Waals surface area contributed by atoms with Crippen molar-refractivity contribution in [3.05, 3.63) is 51.1 Å². The molecule has 2 rings (SSSR count). The van der Waals surface area contributed by atoms with Gasteiger partial charge in [0.25, 0.3) is 0 Å². The molecule has 138 valence electrons. The van der Waals surface area contributed by atoms with Crippen LogP contribution in [-0.2, 0) is 0 Å². The molecule has 0 aliphatic rings. The van der Waals surface area contributed by atoms with E-state index >= 15 is 0 Å². The number of benzene rings is 2. The Kier molecular flexibility index (Phi) is 7.26. The zero-order valence-electron chi connectivity index (χ0n) is 15.2. The molecular weight excluding hydrogens is 445 g/mol. The number of nitrogens with one attached hydrogen (secondary N) is 2. The summed E-state index contributed by atoms with van der Waals surface area (Å²) in [7, 11) is 1.59. The minimum atomic E-state index is -0.406. The van der Waals surface area contributed by atoms with Gasteiger partial charge < -0.3 is 14.8 Å². The van der Waals surface area contributed by atoms with Crippen molar-refractivity contribution in [3.63, 3.8) is 0 Å². The Morgan fingerprint density at radius 2 is 2.00 bits per heavy atom. The van der Waals surface area contributed by atoms with E-state index in [0.29, 0.717) is 11.5 Å². The van der Waals surface area contributed by atoms with Crippen LogP contribution in [-0.4, -0.2) is 25.5 Å². The number of carbonyl (C=O) groups excluding carboxylic acids is 1. The van der Waals surface area contributed by atoms with Gasteiger partial charge in [-0.15, -0.1) is 0 Å². The Balaban J connectivity index is 2.04. The maximum Gasteiger partial charge on any atom is 0.339 e. The molecular formula is C19H22IN3O3. The Morgan fingerprint density at radius 3 is 2.65 bits per heavy atom. The second kappa shape index (κ2) is 9.42. The molecule has 2 aromatic carbocycles. The maximum atomic E-state index is 11.9. The molecule has 0 atom stereocenters. The van der Waals surface area contributed by atoms with E-state index in [1.165, 1.54) is 0 Å². The number of carbonyl (C=O) groups is 1. The largest absolute Gasteiger partial charge is 0.493 e. The van der Waals surface area contributed by atoms with Gasteiger partial charge in [0.05, 0.1) is 23.0 Å². The molecule has 0 saturated heterocycles. The lowest BCUT2D eigenvalue weighted by Gasteiger charge is -2.15. The van der Waals surface area contributed by atoms with E-state index in [1.54, 1.807) is 13.3 Å². The molecule has 0 radical (unpaired) electrons.